The fourth-order valence-electron chi connectivity index (χ4n) is 12.3. The third kappa shape index (κ3) is 12.9. The van der Waals surface area contributed by atoms with Crippen molar-refractivity contribution in [1.29, 1.82) is 0 Å². The second-order valence-electron chi connectivity index (χ2n) is 23.7. The Hall–Kier alpha value is -9.54. The van der Waals surface area contributed by atoms with Crippen LogP contribution < -0.4 is 32.3 Å². The molecule has 5 aliphatic rings. The number of aromatic nitrogens is 7. The molecule has 0 saturated carbocycles. The van der Waals surface area contributed by atoms with Crippen molar-refractivity contribution in [2.24, 2.45) is 5.73 Å². The van der Waals surface area contributed by atoms with Gasteiger partial charge in [-0.2, -0.15) is 4.73 Å². The summed E-state index contributed by atoms with van der Waals surface area (Å²) in [5, 5.41) is 55.7. The van der Waals surface area contributed by atoms with Crippen molar-refractivity contribution < 1.29 is 86.9 Å². The van der Waals surface area contributed by atoms with E-state index in [1.807, 2.05) is 32.7 Å². The van der Waals surface area contributed by atoms with Gasteiger partial charge in [-0.15, -0.1) is 56.7 Å². The third-order valence-corrected chi connectivity index (χ3v) is 21.7. The van der Waals surface area contributed by atoms with Crippen LogP contribution in [0.15, 0.2) is 69.2 Å². The molecule has 11 atom stereocenters. The molecule has 1 aromatic carbocycles. The first-order chi connectivity index (χ1) is 47.3. The smallest absolute Gasteiger partial charge is 0.358 e. The molecule has 32 nitrogen and oxygen atoms in total. The van der Waals surface area contributed by atoms with Crippen LogP contribution in [0.2, 0.25) is 0 Å². The van der Waals surface area contributed by atoms with Crippen LogP contribution in [-0.2, 0) is 60.8 Å². The molecular weight excluding hydrogens is 1390 g/mol. The van der Waals surface area contributed by atoms with E-state index in [-0.39, 0.29) is 117 Å². The second-order valence-corrected chi connectivity index (χ2v) is 28.1. The van der Waals surface area contributed by atoms with Crippen LogP contribution >= 0.6 is 56.7 Å². The highest BCUT2D eigenvalue weighted by Crippen LogP contribution is 2.45. The highest BCUT2D eigenvalue weighted by molar-refractivity contribution is 7.14. The lowest BCUT2D eigenvalue weighted by Crippen LogP contribution is -2.58. The Bertz CT molecular complexity index is 4690. The number of pyridine rings is 1. The first kappa shape index (κ1) is 68.0. The fraction of sp³-hybridized carbons (Fsp3) is 0.355. The number of aliphatic hydroxyl groups is 1. The van der Waals surface area contributed by atoms with Gasteiger partial charge in [-0.05, 0) is 59.4 Å². The monoisotopic (exact) mass is 1450 g/mol. The molecule has 10 N–H and O–H groups in total. The predicted molar refractivity (Wildman–Crippen MR) is 352 cm³/mol. The number of nitrogens with two attached hydrogens (primary N) is 1. The standard InChI is InChI=1S/C62H60N14O18S5/c1-22(49(63)79)64-50(80)32-19-98-58(69-32)43-37(78)12-28-42(71-43)31-17-96-56(66-31)30-16-91-60(85)45-29-15-89-46(47(61(86)90-14-27-10-9-11-36(39(27)29)76(45)87)93-38-13-62(6)48(25(4)92-38)75(7)26(5)94-62)44(59-70-33(20-99-59)51(81)65-30)74-53(83)35-21-97-57(68-35)41(24(3)88-8)73-54(84)40(23(2)77)72-52(82)34-18-95-55(28)67-34/h9-12,17-21,23,25-26,30,38,40,44,46-48,77-78,87H,1,13-16H2,2-8H3,(H2,63,79)(H,64,80)(H,65,81)(H,72,82)(H,73,84)(H,74,83)/b41-24+/t23-,25-,26-,30+,38+,40+,44+,46-,47-,48-,62-/m1/s1. The maximum absolute atomic E-state index is 15.2. The zero-order chi connectivity index (χ0) is 70.2. The van der Waals surface area contributed by atoms with Crippen molar-refractivity contribution in [3.05, 3.63) is 124 Å². The van der Waals surface area contributed by atoms with Crippen molar-refractivity contribution in [2.45, 2.75) is 121 Å². The fourth-order valence-corrected chi connectivity index (χ4v) is 16.5. The number of hydrogen-bond donors (Lipinski definition) is 9. The molecule has 2 saturated heterocycles. The van der Waals surface area contributed by atoms with Gasteiger partial charge in [-0.25, -0.2) is 39.5 Å². The summed E-state index contributed by atoms with van der Waals surface area (Å²) < 4.78 is 45.2. The van der Waals surface area contributed by atoms with E-state index >= 15 is 19.2 Å². The Labute approximate surface area is 580 Å². The summed E-state index contributed by atoms with van der Waals surface area (Å²) in [5.74, 6) is -8.11. The van der Waals surface area contributed by atoms with E-state index in [4.69, 9.17) is 53.8 Å². The summed E-state index contributed by atoms with van der Waals surface area (Å²) in [4.78, 5) is 144. The number of thiazole rings is 5. The number of ether oxygens (including phenoxy) is 7. The molecule has 0 aliphatic carbocycles. The number of carbonyl (C=O) groups excluding carboxylic acids is 8. The molecule has 516 valence electrons. The summed E-state index contributed by atoms with van der Waals surface area (Å²) in [6, 6.07) is 1.07. The number of carbonyl (C=O) groups is 8. The number of aromatic hydroxyl groups is 1. The van der Waals surface area contributed by atoms with Gasteiger partial charge in [0.1, 0.15) is 126 Å². The van der Waals surface area contributed by atoms with Gasteiger partial charge in [0.15, 0.2) is 18.1 Å². The molecule has 2 fully saturated rings. The Balaban J connectivity index is 0.983. The van der Waals surface area contributed by atoms with Crippen LogP contribution in [0.4, 0.5) is 0 Å². The molecule has 12 bridgehead atoms. The minimum Gasteiger partial charge on any atom is -0.506 e. The molecule has 8 aromatic rings. The zero-order valence-electron chi connectivity index (χ0n) is 53.2. The molecule has 0 radical (unpaired) electrons. The molecule has 7 aromatic heterocycles. The van der Waals surface area contributed by atoms with Gasteiger partial charge in [0.2, 0.25) is 5.91 Å². The summed E-state index contributed by atoms with van der Waals surface area (Å²) in [6.45, 7) is 10.1. The van der Waals surface area contributed by atoms with E-state index in [1.54, 1.807) is 12.1 Å². The molecule has 12 heterocycles. The van der Waals surface area contributed by atoms with Gasteiger partial charge in [-0.1, -0.05) is 18.7 Å². The SMILES string of the molecule is C=C(NC(=O)c1csc(-c2nc3c(cc2O)-c2nc(cs2)C(=O)N[C@@H]([C@@H](C)O)C(=O)N/C(=C(\C)OC)c2nc(cs2)C(=O)N[C@@H]2c4nc(cs4)C(=O)N[C@@H](COC(=O)c4c5c6c(cccc6n4O)COC(=O)[C@H](O[C@H]4C[C@@]6(C)O[C@H](C)N(C)[C@@H]6[C@@H](C)O4)[C@@H]2OC5)c2nc-3cs2)n1)C(N)=O. The van der Waals surface area contributed by atoms with E-state index in [2.05, 4.69) is 48.1 Å². The van der Waals surface area contributed by atoms with Crippen LogP contribution in [0.5, 0.6) is 5.75 Å². The number of hydrogen-bond acceptors (Lipinski definition) is 30. The molecule has 13 rings (SSSR count). The molecule has 0 unspecified atom stereocenters. The lowest BCUT2D eigenvalue weighted by atomic mass is 9.86. The number of nitrogens with one attached hydrogen (secondary N) is 5. The van der Waals surface area contributed by atoms with Gasteiger partial charge >= 0.3 is 11.9 Å². The van der Waals surface area contributed by atoms with E-state index in [1.165, 1.54) is 60.0 Å². The van der Waals surface area contributed by atoms with Gasteiger partial charge in [-0.3, -0.25) is 33.7 Å². The Morgan fingerprint density at radius 1 is 0.848 bits per heavy atom. The van der Waals surface area contributed by atoms with E-state index in [9.17, 15) is 34.6 Å². The number of nitrogens with zero attached hydrogens (tertiary/aromatic N) is 8. The molecule has 6 amide bonds. The molecular formula is C62H60N14O18S5. The molecule has 5 aliphatic heterocycles. The molecule has 99 heavy (non-hydrogen) atoms. The molecule has 0 spiro atoms. The average molecular weight is 1450 g/mol. The number of benzene rings is 1. The first-order valence-corrected chi connectivity index (χ1v) is 34.7. The van der Waals surface area contributed by atoms with Gasteiger partial charge in [0.25, 0.3) is 29.5 Å². The topological polar surface area (TPSA) is 434 Å². The highest BCUT2D eigenvalue weighted by atomic mass is 32.1. The van der Waals surface area contributed by atoms with E-state index < -0.39 is 139 Å². The van der Waals surface area contributed by atoms with Gasteiger partial charge in [0, 0.05) is 49.8 Å². The Morgan fingerprint density at radius 2 is 1.53 bits per heavy atom. The number of amides is 6. The van der Waals surface area contributed by atoms with Crippen molar-refractivity contribution in [3.8, 4) is 38.4 Å². The highest BCUT2D eigenvalue weighted by Gasteiger charge is 2.56. The quantitative estimate of drug-likeness (QED) is 0.0433. The summed E-state index contributed by atoms with van der Waals surface area (Å²) >= 11 is 4.53. The number of likely N-dealkylation sites (N-methyl/N-ethyl adjacent to an activating group) is 1. The maximum Gasteiger partial charge on any atom is 0.358 e. The van der Waals surface area contributed by atoms with Crippen molar-refractivity contribution in [2.75, 3.05) is 20.8 Å². The number of primary amides is 1. The van der Waals surface area contributed by atoms with Gasteiger partial charge < -0.3 is 80.9 Å². The van der Waals surface area contributed by atoms with Gasteiger partial charge in [0.05, 0.1) is 48.8 Å². The third-order valence-electron chi connectivity index (χ3n) is 17.2. The van der Waals surface area contributed by atoms with Crippen molar-refractivity contribution in [1.82, 2.24) is 66.1 Å². The van der Waals surface area contributed by atoms with Crippen LogP contribution in [0, 0.1) is 0 Å². The van der Waals surface area contributed by atoms with E-state index in [0.717, 1.165) is 56.7 Å². The normalized spacial score (nSPS) is 25.4. The number of cyclic esters (lactones) is 2. The summed E-state index contributed by atoms with van der Waals surface area (Å²) in [5.41, 5.74) is 2.83. The lowest BCUT2D eigenvalue weighted by molar-refractivity contribution is -0.269. The minimum atomic E-state index is -1.85. The van der Waals surface area contributed by atoms with Crippen LogP contribution in [0.1, 0.15) is 132 Å². The first-order valence-electron chi connectivity index (χ1n) is 30.3. The minimum absolute atomic E-state index is 0.00319. The van der Waals surface area contributed by atoms with E-state index in [0.29, 0.717) is 10.3 Å². The Kier molecular flexibility index (Phi) is 18.5. The zero-order valence-corrected chi connectivity index (χ0v) is 57.2. The number of rotatable bonds is 8. The van der Waals surface area contributed by atoms with Crippen molar-refractivity contribution in [3.63, 3.8) is 0 Å². The Morgan fingerprint density at radius 3 is 2.27 bits per heavy atom. The largest absolute Gasteiger partial charge is 0.506 e. The number of methoxy groups -OCH3 is 1. The number of fused-ring (bicyclic) bond motifs is 16. The average Bonchev–Trinajstić information content (AvgIpc) is 1.61. The number of allylic oxidation sites excluding steroid dienone is 1. The predicted octanol–water partition coefficient (Wildman–Crippen LogP) is 4.65. The lowest BCUT2D eigenvalue weighted by Gasteiger charge is -2.45. The number of aliphatic hydroxyl groups excluding tert-OH is 1. The summed E-state index contributed by atoms with van der Waals surface area (Å²) in [7, 11) is 3.22. The maximum atomic E-state index is 15.2. The number of esters is 2. The van der Waals surface area contributed by atoms with Crippen LogP contribution in [0.3, 0.4) is 0 Å². The van der Waals surface area contributed by atoms with Crippen molar-refractivity contribution >= 4 is 121 Å². The summed E-state index contributed by atoms with van der Waals surface area (Å²) in [6.07, 6.45) is -7.15. The second kappa shape index (κ2) is 26.9. The molecule has 37 heteroatoms. The van der Waals surface area contributed by atoms with Crippen LogP contribution in [0.25, 0.3) is 49.3 Å². The van der Waals surface area contributed by atoms with Crippen LogP contribution in [-0.4, -0.2) is 178 Å².